The zero-order chi connectivity index (χ0) is 18.4. The number of benzene rings is 1. The third-order valence-corrected chi connectivity index (χ3v) is 4.84. The van der Waals surface area contributed by atoms with Crippen LogP contribution >= 0.6 is 51.2 Å². The Morgan fingerprint density at radius 3 is 2.73 bits per heavy atom. The molecule has 26 heavy (non-hydrogen) atoms. The van der Waals surface area contributed by atoms with Crippen molar-refractivity contribution in [2.24, 2.45) is 4.99 Å². The second kappa shape index (κ2) is 10.8. The summed E-state index contributed by atoms with van der Waals surface area (Å²) >= 11 is 5.04. The van der Waals surface area contributed by atoms with Crippen LogP contribution in [0.5, 0.6) is 0 Å². The van der Waals surface area contributed by atoms with Crippen molar-refractivity contribution in [3.8, 4) is 0 Å². The molecule has 1 aromatic heterocycles. The van der Waals surface area contributed by atoms with Crippen LogP contribution in [0.1, 0.15) is 16.3 Å². The molecule has 0 bridgehead atoms. The molecule has 1 amide bonds. The summed E-state index contributed by atoms with van der Waals surface area (Å²) < 4.78 is 0.926. The van der Waals surface area contributed by atoms with E-state index in [1.165, 1.54) is 0 Å². The van der Waals surface area contributed by atoms with Gasteiger partial charge in [-0.15, -0.1) is 35.3 Å². The summed E-state index contributed by atoms with van der Waals surface area (Å²) in [6.07, 6.45) is 0. The summed E-state index contributed by atoms with van der Waals surface area (Å²) in [4.78, 5) is 22.8. The third kappa shape index (κ3) is 6.84. The number of carbonyl (C=O) groups is 1. The lowest BCUT2D eigenvalue weighted by Crippen LogP contribution is -2.42. The molecule has 6 nitrogen and oxygen atoms in total. The molecule has 2 aromatic rings. The first kappa shape index (κ1) is 22.8. The van der Waals surface area contributed by atoms with Gasteiger partial charge in [-0.05, 0) is 31.5 Å². The van der Waals surface area contributed by atoms with Crippen molar-refractivity contribution < 1.29 is 4.79 Å². The van der Waals surface area contributed by atoms with Crippen LogP contribution in [0.2, 0.25) is 0 Å². The topological polar surface area (TPSA) is 69.6 Å². The maximum atomic E-state index is 12.2. The van der Waals surface area contributed by atoms with Crippen LogP contribution < -0.4 is 10.6 Å². The lowest BCUT2D eigenvalue weighted by atomic mass is 10.2. The van der Waals surface area contributed by atoms with Gasteiger partial charge in [-0.25, -0.2) is 4.98 Å². The number of aliphatic imine (C=N–C) groups is 1. The van der Waals surface area contributed by atoms with Gasteiger partial charge in [-0.1, -0.05) is 22.0 Å². The van der Waals surface area contributed by atoms with Crippen LogP contribution in [-0.2, 0) is 11.3 Å². The van der Waals surface area contributed by atoms with Crippen LogP contribution in [0.3, 0.4) is 0 Å². The van der Waals surface area contributed by atoms with Gasteiger partial charge in [0.1, 0.15) is 0 Å². The molecule has 142 valence electrons. The average molecular weight is 552 g/mol. The van der Waals surface area contributed by atoms with Crippen molar-refractivity contribution in [1.29, 1.82) is 0 Å². The minimum absolute atomic E-state index is 0. The van der Waals surface area contributed by atoms with Gasteiger partial charge in [0, 0.05) is 29.6 Å². The molecule has 0 aliphatic rings. The summed E-state index contributed by atoms with van der Waals surface area (Å²) in [7, 11) is 3.61. The van der Waals surface area contributed by atoms with Crippen LogP contribution in [0.4, 0.5) is 5.69 Å². The van der Waals surface area contributed by atoms with Gasteiger partial charge in [-0.2, -0.15) is 0 Å². The molecular weight excluding hydrogens is 529 g/mol. The first-order valence-electron chi connectivity index (χ1n) is 7.78. The average Bonchev–Trinajstić information content (AvgIpc) is 2.96. The molecule has 2 N–H and O–H groups in total. The molecule has 1 aromatic carbocycles. The second-order valence-corrected chi connectivity index (χ2v) is 7.60. The molecule has 0 spiro atoms. The lowest BCUT2D eigenvalue weighted by Gasteiger charge is -2.21. The maximum Gasteiger partial charge on any atom is 0.243 e. The largest absolute Gasteiger partial charge is 0.347 e. The van der Waals surface area contributed by atoms with E-state index < -0.39 is 0 Å². The number of anilines is 1. The van der Waals surface area contributed by atoms with E-state index in [9.17, 15) is 4.79 Å². The van der Waals surface area contributed by atoms with Crippen molar-refractivity contribution >= 4 is 68.8 Å². The molecule has 0 aliphatic heterocycles. The number of aromatic nitrogens is 1. The fourth-order valence-electron chi connectivity index (χ4n) is 2.27. The van der Waals surface area contributed by atoms with E-state index in [0.29, 0.717) is 12.5 Å². The minimum Gasteiger partial charge on any atom is -0.347 e. The number of thiazole rings is 1. The van der Waals surface area contributed by atoms with Gasteiger partial charge in [-0.3, -0.25) is 9.79 Å². The molecule has 1 heterocycles. The molecule has 0 unspecified atom stereocenters. The molecule has 0 radical (unpaired) electrons. The molecule has 0 aliphatic carbocycles. The van der Waals surface area contributed by atoms with E-state index in [1.54, 1.807) is 18.4 Å². The first-order valence-corrected chi connectivity index (χ1v) is 9.45. The Hall–Kier alpha value is -1.20. The Bertz CT molecular complexity index is 780. The Balaban J connectivity index is 0.00000338. The smallest absolute Gasteiger partial charge is 0.243 e. The zero-order valence-electron chi connectivity index (χ0n) is 15.2. The van der Waals surface area contributed by atoms with Crippen LogP contribution in [-0.4, -0.2) is 42.4 Å². The van der Waals surface area contributed by atoms with Gasteiger partial charge in [0.05, 0.1) is 23.8 Å². The second-order valence-electron chi connectivity index (χ2n) is 5.62. The molecule has 2 rings (SSSR count). The molecule has 9 heteroatoms. The van der Waals surface area contributed by atoms with Crippen LogP contribution in [0.25, 0.3) is 0 Å². The fraction of sp³-hybridized carbons (Fsp3) is 0.353. The van der Waals surface area contributed by atoms with Crippen molar-refractivity contribution in [3.63, 3.8) is 0 Å². The number of hydrogen-bond donors (Lipinski definition) is 2. The Labute approximate surface area is 183 Å². The summed E-state index contributed by atoms with van der Waals surface area (Å²) in [6, 6.07) is 5.79. The first-order chi connectivity index (χ1) is 11.9. The Kier molecular flexibility index (Phi) is 9.51. The van der Waals surface area contributed by atoms with Crippen LogP contribution in [0.15, 0.2) is 33.0 Å². The molecule has 0 atom stereocenters. The monoisotopic (exact) mass is 551 g/mol. The van der Waals surface area contributed by atoms with E-state index in [1.807, 2.05) is 49.4 Å². The molecule has 0 saturated carbocycles. The van der Waals surface area contributed by atoms with E-state index in [2.05, 4.69) is 36.5 Å². The highest BCUT2D eigenvalue weighted by Crippen LogP contribution is 2.20. The maximum absolute atomic E-state index is 12.2. The number of hydrogen-bond acceptors (Lipinski definition) is 4. The highest BCUT2D eigenvalue weighted by Gasteiger charge is 2.11. The minimum atomic E-state index is -0.125. The molecule has 0 saturated heterocycles. The van der Waals surface area contributed by atoms with Gasteiger partial charge in [0.25, 0.3) is 0 Å². The van der Waals surface area contributed by atoms with Crippen molar-refractivity contribution in [2.45, 2.75) is 20.4 Å². The number of nitrogens with one attached hydrogen (secondary N) is 2. The number of carbonyl (C=O) groups excluding carboxylic acids is 1. The number of amides is 1. The number of halogens is 2. The van der Waals surface area contributed by atoms with E-state index >= 15 is 0 Å². The number of guanidine groups is 1. The zero-order valence-corrected chi connectivity index (χ0v) is 19.9. The van der Waals surface area contributed by atoms with Crippen molar-refractivity contribution in [2.75, 3.05) is 26.0 Å². The third-order valence-electron chi connectivity index (χ3n) is 3.52. The van der Waals surface area contributed by atoms with Crippen LogP contribution in [0, 0.1) is 13.8 Å². The van der Waals surface area contributed by atoms with Crippen molar-refractivity contribution in [3.05, 3.63) is 44.3 Å². The summed E-state index contributed by atoms with van der Waals surface area (Å²) in [5.41, 5.74) is 2.79. The highest BCUT2D eigenvalue weighted by molar-refractivity contribution is 14.0. The molecule has 0 fully saturated rings. The Morgan fingerprint density at radius 2 is 2.12 bits per heavy atom. The predicted octanol–water partition coefficient (Wildman–Crippen LogP) is 3.79. The number of aryl methyl sites for hydroxylation is 2. The summed E-state index contributed by atoms with van der Waals surface area (Å²) in [6.45, 7) is 4.71. The normalized spacial score (nSPS) is 10.9. The van der Waals surface area contributed by atoms with Gasteiger partial charge >= 0.3 is 0 Å². The van der Waals surface area contributed by atoms with E-state index in [-0.39, 0.29) is 36.4 Å². The quantitative estimate of drug-likeness (QED) is 0.337. The lowest BCUT2D eigenvalue weighted by molar-refractivity contribution is -0.115. The predicted molar refractivity (Wildman–Crippen MR) is 123 cm³/mol. The van der Waals surface area contributed by atoms with Gasteiger partial charge in [0.2, 0.25) is 5.91 Å². The Morgan fingerprint density at radius 1 is 1.38 bits per heavy atom. The standard InChI is InChI=1S/C17H22BrN5OS.HI/c1-11-5-6-13(18)7-15(11)22-16(24)8-20-17(19-3)23(4)9-14-10-25-12(2)21-14;/h5-7,10H,8-9H2,1-4H3,(H,19,20)(H,22,24);1H. The number of nitrogens with zero attached hydrogens (tertiary/aromatic N) is 3. The van der Waals surface area contributed by atoms with E-state index in [0.717, 1.165) is 26.4 Å². The highest BCUT2D eigenvalue weighted by atomic mass is 127. The molecular formula is C17H23BrIN5OS. The summed E-state index contributed by atoms with van der Waals surface area (Å²) in [5, 5.41) is 9.05. The summed E-state index contributed by atoms with van der Waals surface area (Å²) in [5.74, 6) is 0.520. The fourth-order valence-corrected chi connectivity index (χ4v) is 3.23. The van der Waals surface area contributed by atoms with Gasteiger partial charge < -0.3 is 15.5 Å². The van der Waals surface area contributed by atoms with Gasteiger partial charge in [0.15, 0.2) is 5.96 Å². The van der Waals surface area contributed by atoms with Crippen molar-refractivity contribution in [1.82, 2.24) is 15.2 Å². The van der Waals surface area contributed by atoms with E-state index in [4.69, 9.17) is 0 Å². The SMILES string of the molecule is CN=C(NCC(=O)Nc1cc(Br)ccc1C)N(C)Cc1csc(C)n1.I. The number of rotatable bonds is 5.